The largest absolute Gasteiger partial charge is 0.236 e. The average molecular weight is 373 g/mol. The van der Waals surface area contributed by atoms with Gasteiger partial charge in [0.1, 0.15) is 11.2 Å². The van der Waals surface area contributed by atoms with Gasteiger partial charge in [0.15, 0.2) is 0 Å². The van der Waals surface area contributed by atoms with Crippen molar-refractivity contribution in [2.75, 3.05) is 0 Å². The molecule has 1 saturated carbocycles. The van der Waals surface area contributed by atoms with Gasteiger partial charge in [0.25, 0.3) is 0 Å². The lowest BCUT2D eigenvalue weighted by Gasteiger charge is -2.45. The van der Waals surface area contributed by atoms with E-state index < -0.39 is 5.79 Å². The zero-order chi connectivity index (χ0) is 19.8. The van der Waals surface area contributed by atoms with Crippen LogP contribution in [0.1, 0.15) is 113 Å². The van der Waals surface area contributed by atoms with Crippen molar-refractivity contribution in [2.45, 2.75) is 130 Å². The minimum Gasteiger partial charge on any atom is -0.227 e. The Bertz CT molecular complexity index is 347. The molecule has 0 spiro atoms. The Morgan fingerprint density at radius 3 is 1.42 bits per heavy atom. The Labute approximate surface area is 162 Å². The highest BCUT2D eigenvalue weighted by Gasteiger charge is 2.48. The van der Waals surface area contributed by atoms with E-state index in [-0.39, 0.29) is 17.1 Å². The predicted molar refractivity (Wildman–Crippen MR) is 106 cm³/mol. The third-order valence-corrected chi connectivity index (χ3v) is 7.08. The third kappa shape index (κ3) is 5.43. The second-order valence-electron chi connectivity index (χ2n) is 8.41. The molecule has 26 heavy (non-hydrogen) atoms. The number of hydrogen-bond acceptors (Lipinski definition) is 4. The van der Waals surface area contributed by atoms with Gasteiger partial charge in [-0.2, -0.15) is 9.78 Å². The van der Waals surface area contributed by atoms with Gasteiger partial charge in [0.05, 0.1) is 0 Å². The second kappa shape index (κ2) is 10.4. The SMILES string of the molecule is CCC(CC)(CC)OOC1(OOC(CC)(CC)CC)CCC(C)CC1C. The van der Waals surface area contributed by atoms with E-state index in [0.717, 1.165) is 57.8 Å². The molecule has 0 radical (unpaired) electrons. The van der Waals surface area contributed by atoms with E-state index in [1.165, 1.54) is 0 Å². The molecule has 156 valence electrons. The Hall–Kier alpha value is -0.160. The highest BCUT2D eigenvalue weighted by atomic mass is 17.3. The molecule has 0 heterocycles. The standard InChI is InChI=1S/C22H44O4/c1-9-20(10-2,11-3)23-25-22(16-15-18(7)17-19(22)8)26-24-21(12-4,13-5)14-6/h18-19H,9-17H2,1-8H3. The summed E-state index contributed by atoms with van der Waals surface area (Å²) in [5.74, 6) is 0.0758. The van der Waals surface area contributed by atoms with E-state index in [4.69, 9.17) is 19.6 Å². The number of hydrogen-bond donors (Lipinski definition) is 0. The van der Waals surface area contributed by atoms with Crippen LogP contribution in [-0.2, 0) is 19.6 Å². The van der Waals surface area contributed by atoms with Gasteiger partial charge in [-0.25, -0.2) is 9.78 Å². The van der Waals surface area contributed by atoms with Gasteiger partial charge in [0.2, 0.25) is 5.79 Å². The fraction of sp³-hybridized carbons (Fsp3) is 1.00. The summed E-state index contributed by atoms with van der Waals surface area (Å²) in [5, 5.41) is 0. The maximum Gasteiger partial charge on any atom is 0.236 e. The van der Waals surface area contributed by atoms with Crippen molar-refractivity contribution >= 4 is 0 Å². The van der Waals surface area contributed by atoms with Crippen molar-refractivity contribution in [1.29, 1.82) is 0 Å². The molecule has 1 aliphatic rings. The summed E-state index contributed by atoms with van der Waals surface area (Å²) in [4.78, 5) is 24.5. The molecule has 1 aliphatic carbocycles. The van der Waals surface area contributed by atoms with Gasteiger partial charge < -0.3 is 0 Å². The van der Waals surface area contributed by atoms with E-state index in [1.807, 2.05) is 0 Å². The van der Waals surface area contributed by atoms with Crippen molar-refractivity contribution in [2.24, 2.45) is 11.8 Å². The van der Waals surface area contributed by atoms with Crippen LogP contribution in [0.5, 0.6) is 0 Å². The summed E-state index contributed by atoms with van der Waals surface area (Å²) in [6.45, 7) is 17.4. The molecule has 1 rings (SSSR count). The van der Waals surface area contributed by atoms with E-state index in [0.29, 0.717) is 5.92 Å². The lowest BCUT2D eigenvalue weighted by molar-refractivity contribution is -0.562. The fourth-order valence-corrected chi connectivity index (χ4v) is 4.03. The van der Waals surface area contributed by atoms with Crippen LogP contribution >= 0.6 is 0 Å². The van der Waals surface area contributed by atoms with E-state index >= 15 is 0 Å². The maximum atomic E-state index is 6.15. The quantitative estimate of drug-likeness (QED) is 0.210. The molecule has 2 atom stereocenters. The van der Waals surface area contributed by atoms with Crippen molar-refractivity contribution in [1.82, 2.24) is 0 Å². The summed E-state index contributed by atoms with van der Waals surface area (Å²) < 4.78 is 0. The topological polar surface area (TPSA) is 36.9 Å². The molecule has 0 aliphatic heterocycles. The Morgan fingerprint density at radius 2 is 1.12 bits per heavy atom. The van der Waals surface area contributed by atoms with E-state index in [9.17, 15) is 0 Å². The molecule has 0 aromatic carbocycles. The molecule has 0 saturated heterocycles. The maximum absolute atomic E-state index is 6.15. The molecular formula is C22H44O4. The summed E-state index contributed by atoms with van der Waals surface area (Å²) in [6.07, 6.45) is 8.45. The fourth-order valence-electron chi connectivity index (χ4n) is 4.03. The molecule has 0 aromatic heterocycles. The molecule has 0 bridgehead atoms. The van der Waals surface area contributed by atoms with Gasteiger partial charge in [0, 0.05) is 12.3 Å². The van der Waals surface area contributed by atoms with E-state index in [2.05, 4.69) is 55.4 Å². The Balaban J connectivity index is 2.97. The van der Waals surface area contributed by atoms with Crippen LogP contribution in [-0.4, -0.2) is 17.0 Å². The van der Waals surface area contributed by atoms with Gasteiger partial charge >= 0.3 is 0 Å². The molecule has 4 nitrogen and oxygen atoms in total. The van der Waals surface area contributed by atoms with Gasteiger partial charge in [-0.3, -0.25) is 0 Å². The van der Waals surface area contributed by atoms with Gasteiger partial charge in [-0.15, -0.1) is 0 Å². The minimum atomic E-state index is -0.817. The third-order valence-electron chi connectivity index (χ3n) is 7.08. The summed E-state index contributed by atoms with van der Waals surface area (Å²) in [5.41, 5.74) is -0.507. The predicted octanol–water partition coefficient (Wildman–Crippen LogP) is 6.97. The number of rotatable bonds is 12. The first-order valence-corrected chi connectivity index (χ1v) is 11.0. The van der Waals surface area contributed by atoms with Crippen LogP contribution in [0.3, 0.4) is 0 Å². The van der Waals surface area contributed by atoms with Gasteiger partial charge in [-0.05, 0) is 57.3 Å². The molecule has 2 unspecified atom stereocenters. The molecule has 0 aromatic rings. The molecule has 4 heteroatoms. The summed E-state index contributed by atoms with van der Waals surface area (Å²) >= 11 is 0. The zero-order valence-corrected chi connectivity index (χ0v) is 18.7. The smallest absolute Gasteiger partial charge is 0.227 e. The summed E-state index contributed by atoms with van der Waals surface area (Å²) in [6, 6.07) is 0. The monoisotopic (exact) mass is 372 g/mol. The van der Waals surface area contributed by atoms with E-state index in [1.54, 1.807) is 0 Å². The average Bonchev–Trinajstić information content (AvgIpc) is 2.67. The van der Waals surface area contributed by atoms with Crippen LogP contribution in [0.25, 0.3) is 0 Å². The first-order valence-electron chi connectivity index (χ1n) is 11.0. The van der Waals surface area contributed by atoms with Crippen LogP contribution < -0.4 is 0 Å². The van der Waals surface area contributed by atoms with Crippen molar-refractivity contribution in [3.05, 3.63) is 0 Å². The van der Waals surface area contributed by atoms with Crippen molar-refractivity contribution in [3.8, 4) is 0 Å². The Morgan fingerprint density at radius 1 is 0.731 bits per heavy atom. The van der Waals surface area contributed by atoms with Crippen molar-refractivity contribution < 1.29 is 19.6 Å². The molecule has 0 amide bonds. The minimum absolute atomic E-state index is 0.220. The Kier molecular flexibility index (Phi) is 9.55. The van der Waals surface area contributed by atoms with Crippen LogP contribution in [0.4, 0.5) is 0 Å². The highest BCUT2D eigenvalue weighted by molar-refractivity contribution is 4.84. The van der Waals surface area contributed by atoms with Crippen LogP contribution in [0.2, 0.25) is 0 Å². The normalized spacial score (nSPS) is 24.0. The molecular weight excluding hydrogens is 328 g/mol. The second-order valence-corrected chi connectivity index (χ2v) is 8.41. The lowest BCUT2D eigenvalue weighted by atomic mass is 9.79. The first kappa shape index (κ1) is 23.9. The highest BCUT2D eigenvalue weighted by Crippen LogP contribution is 2.43. The van der Waals surface area contributed by atoms with Crippen molar-refractivity contribution in [3.63, 3.8) is 0 Å². The van der Waals surface area contributed by atoms with Crippen LogP contribution in [0.15, 0.2) is 0 Å². The lowest BCUT2D eigenvalue weighted by Crippen LogP contribution is -2.50. The zero-order valence-electron chi connectivity index (χ0n) is 18.7. The van der Waals surface area contributed by atoms with Crippen LogP contribution in [0, 0.1) is 11.8 Å². The molecule has 0 N–H and O–H groups in total. The molecule has 1 fully saturated rings. The first-order chi connectivity index (χ1) is 12.3. The van der Waals surface area contributed by atoms with Gasteiger partial charge in [-0.1, -0.05) is 55.4 Å². The summed E-state index contributed by atoms with van der Waals surface area (Å²) in [7, 11) is 0.